The lowest BCUT2D eigenvalue weighted by molar-refractivity contribution is 1.26. The van der Waals surface area contributed by atoms with Crippen LogP contribution in [0.25, 0.3) is 0 Å². The molecule has 0 bridgehead atoms. The largest absolute Gasteiger partial charge is 0.132 e. The van der Waals surface area contributed by atoms with Crippen LogP contribution in [0.1, 0.15) is 13.3 Å². The fourth-order valence-corrected chi connectivity index (χ4v) is 1.07. The molecule has 0 unspecified atom stereocenters. The average Bonchev–Trinajstić information content (AvgIpc) is 1.59. The smallest absolute Gasteiger partial charge is 0.129 e. The molecule has 10 heavy (non-hydrogen) atoms. The minimum absolute atomic E-state index is 0.754. The zero-order chi connectivity index (χ0) is 8.20. The minimum atomic E-state index is -1.15. The van der Waals surface area contributed by atoms with Gasteiger partial charge in [-0.25, -0.2) is 0 Å². The van der Waals surface area contributed by atoms with Gasteiger partial charge in [0.25, 0.3) is 0 Å². The minimum Gasteiger partial charge on any atom is -0.132 e. The summed E-state index contributed by atoms with van der Waals surface area (Å²) in [6.45, 7) is 14.0. The molecule has 0 heterocycles. The Morgan fingerprint density at radius 1 is 1.40 bits per heavy atom. The van der Waals surface area contributed by atoms with Crippen LogP contribution in [-0.2, 0) is 0 Å². The summed E-state index contributed by atoms with van der Waals surface area (Å²) in [5, 5.41) is 0. The van der Waals surface area contributed by atoms with Gasteiger partial charge in [0.15, 0.2) is 0 Å². The van der Waals surface area contributed by atoms with Crippen LogP contribution in [0, 0.1) is 18.0 Å². The molecule has 1 radical (unpaired) electrons. The predicted molar refractivity (Wildman–Crippen MR) is 49.2 cm³/mol. The molecule has 0 aromatic rings. The van der Waals surface area contributed by atoms with Gasteiger partial charge in [0.2, 0.25) is 0 Å². The van der Waals surface area contributed by atoms with Gasteiger partial charge in [-0.2, -0.15) is 0 Å². The highest BCUT2D eigenvalue weighted by atomic mass is 28.3. The molecule has 0 aromatic heterocycles. The van der Waals surface area contributed by atoms with Crippen molar-refractivity contribution in [2.24, 2.45) is 0 Å². The van der Waals surface area contributed by atoms with Crippen LogP contribution in [0.15, 0.2) is 5.57 Å². The topological polar surface area (TPSA) is 0 Å². The normalized spacial score (nSPS) is 10.0. The Hall–Kier alpha value is -0.483. The van der Waals surface area contributed by atoms with Crippen molar-refractivity contribution in [1.82, 2.24) is 0 Å². The van der Waals surface area contributed by atoms with Crippen LogP contribution >= 0.6 is 0 Å². The third-order valence-corrected chi connectivity index (χ3v) is 1.76. The Morgan fingerprint density at radius 2 is 1.90 bits per heavy atom. The summed E-state index contributed by atoms with van der Waals surface area (Å²) in [6.07, 6.45) is 0.754. The third-order valence-electron chi connectivity index (χ3n) is 0.831. The van der Waals surface area contributed by atoms with E-state index in [0.29, 0.717) is 0 Å². The van der Waals surface area contributed by atoms with Gasteiger partial charge in [0.1, 0.15) is 8.07 Å². The molecule has 0 aliphatic carbocycles. The van der Waals surface area contributed by atoms with E-state index in [2.05, 4.69) is 31.1 Å². The van der Waals surface area contributed by atoms with Crippen LogP contribution in [0.2, 0.25) is 19.6 Å². The maximum Gasteiger partial charge on any atom is 0.129 e. The molecule has 0 atom stereocenters. The van der Waals surface area contributed by atoms with E-state index >= 15 is 0 Å². The molecule has 0 fully saturated rings. The lowest BCUT2D eigenvalue weighted by Crippen LogP contribution is -2.16. The van der Waals surface area contributed by atoms with Crippen molar-refractivity contribution < 1.29 is 0 Å². The Balaban J connectivity index is 3.82. The SMILES string of the molecule is [CH]=C(C)CC#C[Si](C)(C)C. The van der Waals surface area contributed by atoms with Gasteiger partial charge in [-0.3, -0.25) is 0 Å². The Morgan fingerprint density at radius 3 is 2.20 bits per heavy atom. The molecule has 0 aliphatic rings. The number of hydrogen-bond acceptors (Lipinski definition) is 0. The summed E-state index contributed by atoms with van der Waals surface area (Å²) < 4.78 is 0. The second-order valence-electron chi connectivity index (χ2n) is 3.57. The number of rotatable bonds is 1. The highest BCUT2D eigenvalue weighted by Crippen LogP contribution is 1.98. The summed E-state index contributed by atoms with van der Waals surface area (Å²) >= 11 is 0. The van der Waals surface area contributed by atoms with E-state index in [4.69, 9.17) is 6.58 Å². The molecule has 0 rings (SSSR count). The van der Waals surface area contributed by atoms with E-state index in [1.54, 1.807) is 0 Å². The second kappa shape index (κ2) is 3.63. The van der Waals surface area contributed by atoms with E-state index in [1.165, 1.54) is 0 Å². The molecule has 0 saturated heterocycles. The van der Waals surface area contributed by atoms with Crippen molar-refractivity contribution in [3.8, 4) is 11.5 Å². The van der Waals surface area contributed by atoms with Crippen molar-refractivity contribution in [1.29, 1.82) is 0 Å². The van der Waals surface area contributed by atoms with Crippen LogP contribution in [-0.4, -0.2) is 8.07 Å². The molecular weight excluding hydrogens is 136 g/mol. The van der Waals surface area contributed by atoms with Gasteiger partial charge >= 0.3 is 0 Å². The fourth-order valence-electron chi connectivity index (χ4n) is 0.449. The summed E-state index contributed by atoms with van der Waals surface area (Å²) in [5.74, 6) is 3.07. The summed E-state index contributed by atoms with van der Waals surface area (Å²) in [4.78, 5) is 0. The van der Waals surface area contributed by atoms with Gasteiger partial charge in [-0.1, -0.05) is 31.8 Å². The average molecular weight is 151 g/mol. The zero-order valence-corrected chi connectivity index (χ0v) is 8.28. The van der Waals surface area contributed by atoms with E-state index in [1.807, 2.05) is 6.92 Å². The van der Waals surface area contributed by atoms with Crippen molar-refractivity contribution in [2.45, 2.75) is 33.0 Å². The van der Waals surface area contributed by atoms with Crippen molar-refractivity contribution in [3.63, 3.8) is 0 Å². The van der Waals surface area contributed by atoms with E-state index in [9.17, 15) is 0 Å². The summed E-state index contributed by atoms with van der Waals surface area (Å²) in [6, 6.07) is 0. The van der Waals surface area contributed by atoms with Crippen LogP contribution in [0.3, 0.4) is 0 Å². The molecule has 0 aromatic carbocycles. The van der Waals surface area contributed by atoms with Gasteiger partial charge in [-0.15, -0.1) is 11.5 Å². The Labute approximate surface area is 65.3 Å². The van der Waals surface area contributed by atoms with Gasteiger partial charge < -0.3 is 0 Å². The third kappa shape index (κ3) is 7.52. The second-order valence-corrected chi connectivity index (χ2v) is 8.32. The number of hydrogen-bond donors (Lipinski definition) is 0. The van der Waals surface area contributed by atoms with E-state index in [0.717, 1.165) is 12.0 Å². The lowest BCUT2D eigenvalue weighted by Gasteiger charge is -2.02. The molecular formula is C9H15Si. The van der Waals surface area contributed by atoms with Crippen molar-refractivity contribution >= 4 is 8.07 Å². The van der Waals surface area contributed by atoms with E-state index in [-0.39, 0.29) is 0 Å². The molecule has 0 N–H and O–H groups in total. The Bertz CT molecular complexity index is 173. The zero-order valence-electron chi connectivity index (χ0n) is 7.28. The summed E-state index contributed by atoms with van der Waals surface area (Å²) in [7, 11) is -1.15. The van der Waals surface area contributed by atoms with Gasteiger partial charge in [0, 0.05) is 6.42 Å². The maximum atomic E-state index is 5.45. The first-order valence-corrected chi connectivity index (χ1v) is 7.00. The van der Waals surface area contributed by atoms with Crippen molar-refractivity contribution in [2.75, 3.05) is 0 Å². The molecule has 0 saturated carbocycles. The monoisotopic (exact) mass is 151 g/mol. The van der Waals surface area contributed by atoms with Crippen LogP contribution in [0.5, 0.6) is 0 Å². The standard InChI is InChI=1S/C9H15Si/c1-9(2)7-6-8-10(3,4)5/h1H,7H2,2-5H3. The molecule has 0 aliphatic heterocycles. The van der Waals surface area contributed by atoms with E-state index < -0.39 is 8.07 Å². The van der Waals surface area contributed by atoms with Crippen molar-refractivity contribution in [3.05, 3.63) is 12.2 Å². The maximum absolute atomic E-state index is 5.45. The summed E-state index contributed by atoms with van der Waals surface area (Å²) in [5.41, 5.74) is 4.15. The first-order chi connectivity index (χ1) is 4.42. The molecule has 0 spiro atoms. The number of allylic oxidation sites excluding steroid dienone is 1. The highest BCUT2D eigenvalue weighted by Gasteiger charge is 2.06. The Kier molecular flexibility index (Phi) is 3.45. The first kappa shape index (κ1) is 9.52. The highest BCUT2D eigenvalue weighted by molar-refractivity contribution is 6.83. The van der Waals surface area contributed by atoms with Gasteiger partial charge in [-0.05, 0) is 6.92 Å². The van der Waals surface area contributed by atoms with Crippen LogP contribution in [0.4, 0.5) is 0 Å². The lowest BCUT2D eigenvalue weighted by atomic mass is 10.3. The quantitative estimate of drug-likeness (QED) is 0.399. The molecule has 0 amide bonds. The fraction of sp³-hybridized carbons (Fsp3) is 0.556. The molecule has 0 nitrogen and oxygen atoms in total. The molecule has 1 heteroatoms. The predicted octanol–water partition coefficient (Wildman–Crippen LogP) is 2.64. The first-order valence-electron chi connectivity index (χ1n) is 3.50. The van der Waals surface area contributed by atoms with Crippen LogP contribution < -0.4 is 0 Å². The van der Waals surface area contributed by atoms with Gasteiger partial charge in [0.05, 0.1) is 0 Å². The molecule has 55 valence electrons.